The summed E-state index contributed by atoms with van der Waals surface area (Å²) in [6.45, 7) is 8.60. The smallest absolute Gasteiger partial charge is 0.185 e. The number of hydrogen-bond acceptors (Lipinski definition) is 4. The van der Waals surface area contributed by atoms with Gasteiger partial charge in [0.05, 0.1) is 5.60 Å². The largest absolute Gasteiger partial charge is 0.390 e. The second-order valence-electron chi connectivity index (χ2n) is 12.5. The van der Waals surface area contributed by atoms with Gasteiger partial charge in [0, 0.05) is 19.1 Å². The maximum Gasteiger partial charge on any atom is 0.185 e. The monoisotopic (exact) mass is 474 g/mol. The molecule has 33 heavy (non-hydrogen) atoms. The molecule has 186 valence electrons. The summed E-state index contributed by atoms with van der Waals surface area (Å²) in [5.74, 6) is 3.95. The molecule has 0 bridgehead atoms. The van der Waals surface area contributed by atoms with Crippen molar-refractivity contribution in [3.05, 3.63) is 11.6 Å². The van der Waals surface area contributed by atoms with Crippen LogP contribution in [-0.4, -0.2) is 27.4 Å². The lowest BCUT2D eigenvalue weighted by atomic mass is 9.44. The Hall–Kier alpha value is -0.610. The Labute approximate surface area is 205 Å². The molecular formula is C29H46O3S. The number of fused-ring (bicyclic) bond motifs is 5. The summed E-state index contributed by atoms with van der Waals surface area (Å²) in [6, 6.07) is 0. The summed E-state index contributed by atoms with van der Waals surface area (Å²) < 4.78 is 0. The number of allylic oxidation sites excluding steroid dienone is 1. The Morgan fingerprint density at radius 2 is 1.73 bits per heavy atom. The van der Waals surface area contributed by atoms with Crippen molar-refractivity contribution in [2.75, 3.05) is 5.75 Å². The predicted octanol–water partition coefficient (Wildman–Crippen LogP) is 7.12. The highest BCUT2D eigenvalue weighted by Crippen LogP contribution is 2.69. The van der Waals surface area contributed by atoms with Gasteiger partial charge < -0.3 is 5.11 Å². The van der Waals surface area contributed by atoms with Crippen molar-refractivity contribution in [3.8, 4) is 0 Å². The van der Waals surface area contributed by atoms with E-state index in [-0.39, 0.29) is 15.9 Å². The molecule has 0 aromatic carbocycles. The Kier molecular flexibility index (Phi) is 7.57. The number of rotatable bonds is 8. The van der Waals surface area contributed by atoms with E-state index in [1.54, 1.807) is 6.92 Å². The molecule has 4 heteroatoms. The van der Waals surface area contributed by atoms with E-state index < -0.39 is 5.60 Å². The zero-order valence-corrected chi connectivity index (χ0v) is 22.3. The minimum Gasteiger partial charge on any atom is -0.390 e. The molecule has 0 amide bonds. The zero-order valence-electron chi connectivity index (χ0n) is 21.5. The summed E-state index contributed by atoms with van der Waals surface area (Å²) >= 11 is 1.46. The SMILES string of the molecule is CC(=O)SCCCCCCC[C@@H]1CC2=CC(=O)CC[C@]2(C)C2CC[C@@]3(C)C(CC[C@]3(C)O)C21. The lowest BCUT2D eigenvalue weighted by molar-refractivity contribution is -0.135. The molecule has 0 heterocycles. The van der Waals surface area contributed by atoms with Crippen LogP contribution in [-0.2, 0) is 9.59 Å². The maximum absolute atomic E-state index is 12.3. The first-order valence-corrected chi connectivity index (χ1v) is 14.7. The molecule has 3 fully saturated rings. The van der Waals surface area contributed by atoms with Gasteiger partial charge in [0.15, 0.2) is 10.9 Å². The molecule has 4 rings (SSSR count). The molecule has 0 aliphatic heterocycles. The van der Waals surface area contributed by atoms with Crippen molar-refractivity contribution in [1.82, 2.24) is 0 Å². The van der Waals surface area contributed by atoms with Crippen LogP contribution in [0.5, 0.6) is 0 Å². The third kappa shape index (κ3) is 4.77. The average molecular weight is 475 g/mol. The van der Waals surface area contributed by atoms with Gasteiger partial charge in [-0.1, -0.05) is 56.9 Å². The number of carbonyl (C=O) groups is 2. The van der Waals surface area contributed by atoms with E-state index in [0.717, 1.165) is 44.3 Å². The normalized spacial score (nSPS) is 42.3. The van der Waals surface area contributed by atoms with Crippen LogP contribution in [0.1, 0.15) is 111 Å². The highest BCUT2D eigenvalue weighted by molar-refractivity contribution is 8.13. The minimum atomic E-state index is -0.537. The third-order valence-electron chi connectivity index (χ3n) is 10.7. The van der Waals surface area contributed by atoms with Crippen molar-refractivity contribution in [2.24, 2.45) is 34.5 Å². The van der Waals surface area contributed by atoms with E-state index in [1.165, 1.54) is 62.3 Å². The number of unbranched alkanes of at least 4 members (excludes halogenated alkanes) is 4. The van der Waals surface area contributed by atoms with Crippen LogP contribution < -0.4 is 0 Å². The summed E-state index contributed by atoms with van der Waals surface area (Å²) in [6.07, 6.45) is 16.8. The molecule has 3 unspecified atom stereocenters. The topological polar surface area (TPSA) is 54.4 Å². The fourth-order valence-corrected chi connectivity index (χ4v) is 9.13. The first kappa shape index (κ1) is 25.5. The van der Waals surface area contributed by atoms with Crippen LogP contribution in [0.15, 0.2) is 11.6 Å². The van der Waals surface area contributed by atoms with Crippen molar-refractivity contribution in [3.63, 3.8) is 0 Å². The molecule has 7 atom stereocenters. The molecule has 0 aromatic heterocycles. The standard InChI is InChI=1S/C29H46O3S/c1-20(30)33-17-9-7-5-6-8-10-21-18-22-19-23(31)11-14-27(22,2)24-12-15-28(3)25(26(21)24)13-16-29(28,4)32/h19,21,24-26,32H,5-18H2,1-4H3/t21-,24?,25?,26?,27+,28+,29+/m1/s1. The lowest BCUT2D eigenvalue weighted by Gasteiger charge is -2.61. The first-order valence-electron chi connectivity index (χ1n) is 13.7. The number of thioether (sulfide) groups is 1. The van der Waals surface area contributed by atoms with Crippen LogP contribution in [0.4, 0.5) is 0 Å². The van der Waals surface area contributed by atoms with Gasteiger partial charge >= 0.3 is 0 Å². The van der Waals surface area contributed by atoms with Gasteiger partial charge in [-0.2, -0.15) is 0 Å². The van der Waals surface area contributed by atoms with Gasteiger partial charge in [-0.3, -0.25) is 9.59 Å². The van der Waals surface area contributed by atoms with Gasteiger partial charge in [0.1, 0.15) is 0 Å². The van der Waals surface area contributed by atoms with Crippen LogP contribution >= 0.6 is 11.8 Å². The molecule has 0 spiro atoms. The minimum absolute atomic E-state index is 0.0445. The van der Waals surface area contributed by atoms with E-state index in [2.05, 4.69) is 20.8 Å². The Morgan fingerprint density at radius 3 is 2.48 bits per heavy atom. The Bertz CT molecular complexity index is 786. The maximum atomic E-state index is 12.3. The highest BCUT2D eigenvalue weighted by Gasteiger charge is 2.64. The van der Waals surface area contributed by atoms with Gasteiger partial charge in [0.25, 0.3) is 0 Å². The average Bonchev–Trinajstić information content (AvgIpc) is 2.99. The number of ketones is 1. The molecule has 1 N–H and O–H groups in total. The molecule has 0 radical (unpaired) electrons. The summed E-state index contributed by atoms with van der Waals surface area (Å²) in [5.41, 5.74) is 1.16. The van der Waals surface area contributed by atoms with Crippen LogP contribution in [0.25, 0.3) is 0 Å². The Balaban J connectivity index is 1.45. The Morgan fingerprint density at radius 1 is 1.03 bits per heavy atom. The van der Waals surface area contributed by atoms with E-state index in [0.29, 0.717) is 29.5 Å². The van der Waals surface area contributed by atoms with Gasteiger partial charge in [-0.25, -0.2) is 0 Å². The molecular weight excluding hydrogens is 428 g/mol. The van der Waals surface area contributed by atoms with E-state index in [1.807, 2.05) is 6.08 Å². The molecule has 4 aliphatic rings. The predicted molar refractivity (Wildman–Crippen MR) is 137 cm³/mol. The molecule has 3 nitrogen and oxygen atoms in total. The number of aliphatic hydroxyl groups is 1. The van der Waals surface area contributed by atoms with Crippen LogP contribution in [0.3, 0.4) is 0 Å². The second-order valence-corrected chi connectivity index (χ2v) is 13.7. The second kappa shape index (κ2) is 9.80. The summed E-state index contributed by atoms with van der Waals surface area (Å²) in [4.78, 5) is 23.4. The van der Waals surface area contributed by atoms with E-state index >= 15 is 0 Å². The van der Waals surface area contributed by atoms with Crippen LogP contribution in [0, 0.1) is 34.5 Å². The zero-order chi connectivity index (χ0) is 23.9. The molecule has 0 aromatic rings. The summed E-state index contributed by atoms with van der Waals surface area (Å²) in [7, 11) is 0. The lowest BCUT2D eigenvalue weighted by Crippen LogP contribution is -2.56. The number of carbonyl (C=O) groups excluding carboxylic acids is 2. The molecule has 4 aliphatic carbocycles. The van der Waals surface area contributed by atoms with Crippen molar-refractivity contribution >= 4 is 22.7 Å². The fraction of sp³-hybridized carbons (Fsp3) is 0.862. The first-order chi connectivity index (χ1) is 15.6. The highest BCUT2D eigenvalue weighted by atomic mass is 32.2. The van der Waals surface area contributed by atoms with Gasteiger partial charge in [0.2, 0.25) is 0 Å². The summed E-state index contributed by atoms with van der Waals surface area (Å²) in [5, 5.41) is 11.6. The molecule has 3 saturated carbocycles. The van der Waals surface area contributed by atoms with E-state index in [9.17, 15) is 14.7 Å². The third-order valence-corrected chi connectivity index (χ3v) is 11.6. The number of hydrogen-bond donors (Lipinski definition) is 1. The molecule has 0 saturated heterocycles. The van der Waals surface area contributed by atoms with Crippen LogP contribution in [0.2, 0.25) is 0 Å². The quantitative estimate of drug-likeness (QED) is 0.381. The van der Waals surface area contributed by atoms with Crippen molar-refractivity contribution in [1.29, 1.82) is 0 Å². The van der Waals surface area contributed by atoms with Gasteiger partial charge in [-0.05, 0) is 98.9 Å². The fourth-order valence-electron chi connectivity index (χ4n) is 8.50. The van der Waals surface area contributed by atoms with E-state index in [4.69, 9.17) is 0 Å². The van der Waals surface area contributed by atoms with Gasteiger partial charge in [-0.15, -0.1) is 0 Å². The van der Waals surface area contributed by atoms with Crippen molar-refractivity contribution in [2.45, 2.75) is 117 Å². The van der Waals surface area contributed by atoms with Crippen molar-refractivity contribution < 1.29 is 14.7 Å².